The van der Waals surface area contributed by atoms with Crippen molar-refractivity contribution in [2.45, 2.75) is 57.3 Å². The molecule has 27 nitrogen and oxygen atoms in total. The molecule has 1 aliphatic rings. The third-order valence-corrected chi connectivity index (χ3v) is 12.5. The molecule has 2 amide bonds. The minimum absolute atomic E-state index is 0.00554. The summed E-state index contributed by atoms with van der Waals surface area (Å²) in [7, 11) is -20.1. The minimum atomic E-state index is -5.60. The SMILES string of the molecule is CC(C)(COP(=O)(O)OP(=O)(O)OCC1OC(n2cnc3c(N)ncnc32)C(O)C1OP(=O)(O)O)C(O)C(=O)NCCC(=O)NCCSC(=O)CC(=O)CP(C)(=O)O. The van der Waals surface area contributed by atoms with Crippen LogP contribution in [-0.4, -0.2) is 146 Å². The molecule has 1 saturated heterocycles. The van der Waals surface area contributed by atoms with E-state index in [4.69, 9.17) is 19.5 Å². The molecule has 0 aliphatic carbocycles. The van der Waals surface area contributed by atoms with Crippen molar-refractivity contribution in [3.05, 3.63) is 12.7 Å². The molecular weight excluding hydrogens is 886 g/mol. The average Bonchev–Trinajstić information content (AvgIpc) is 3.63. The number of nitrogen functional groups attached to an aromatic ring is 1. The van der Waals surface area contributed by atoms with E-state index in [-0.39, 0.29) is 42.2 Å². The van der Waals surface area contributed by atoms with E-state index in [0.29, 0.717) is 0 Å². The Morgan fingerprint density at radius 2 is 1.67 bits per heavy atom. The summed E-state index contributed by atoms with van der Waals surface area (Å²) in [4.78, 5) is 108. The fourth-order valence-corrected chi connectivity index (χ4v) is 9.18. The van der Waals surface area contributed by atoms with Gasteiger partial charge in [-0.05, 0) is 0 Å². The zero-order valence-electron chi connectivity index (χ0n) is 30.7. The summed E-state index contributed by atoms with van der Waals surface area (Å²) in [6.45, 7) is 1.05. The van der Waals surface area contributed by atoms with E-state index < -0.39 is 115 Å². The van der Waals surface area contributed by atoms with Gasteiger partial charge in [0.05, 0.1) is 32.1 Å². The largest absolute Gasteiger partial charge is 0.481 e. The number of carbonyl (C=O) groups excluding carboxylic acids is 4. The first-order valence-electron chi connectivity index (χ1n) is 16.5. The molecule has 11 N–H and O–H groups in total. The Hall–Kier alpha value is -2.58. The van der Waals surface area contributed by atoms with Crippen LogP contribution < -0.4 is 16.4 Å². The number of thioether (sulfide) groups is 1. The Labute approximate surface area is 332 Å². The summed E-state index contributed by atoms with van der Waals surface area (Å²) in [5, 5.41) is 25.6. The molecular formula is C26H43N7O20P4S. The van der Waals surface area contributed by atoms with Crippen LogP contribution in [0.2, 0.25) is 0 Å². The van der Waals surface area contributed by atoms with E-state index in [0.717, 1.165) is 35.6 Å². The molecule has 0 bridgehead atoms. The van der Waals surface area contributed by atoms with Crippen molar-refractivity contribution in [2.24, 2.45) is 5.41 Å². The lowest BCUT2D eigenvalue weighted by molar-refractivity contribution is -0.137. The number of hydrogen-bond acceptors (Lipinski definition) is 20. The van der Waals surface area contributed by atoms with Crippen molar-refractivity contribution >= 4 is 82.3 Å². The normalized spacial score (nSPS) is 22.4. The Balaban J connectivity index is 1.46. The summed E-state index contributed by atoms with van der Waals surface area (Å²) in [5.74, 6) is -2.26. The smallest absolute Gasteiger partial charge is 0.386 e. The number of ketones is 1. The van der Waals surface area contributed by atoms with Gasteiger partial charge in [-0.15, -0.1) is 0 Å². The van der Waals surface area contributed by atoms with Gasteiger partial charge < -0.3 is 55.8 Å². The third-order valence-electron chi connectivity index (χ3n) is 7.58. The molecule has 1 aliphatic heterocycles. The fourth-order valence-electron chi connectivity index (χ4n) is 4.89. The van der Waals surface area contributed by atoms with Crippen molar-refractivity contribution in [2.75, 3.05) is 50.6 Å². The number of nitrogens with two attached hydrogens (primary N) is 1. The Bertz CT molecular complexity index is 2010. The molecule has 32 heteroatoms. The highest BCUT2D eigenvalue weighted by Gasteiger charge is 2.50. The minimum Gasteiger partial charge on any atom is -0.386 e. The van der Waals surface area contributed by atoms with Crippen LogP contribution in [0, 0.1) is 5.41 Å². The van der Waals surface area contributed by atoms with Gasteiger partial charge in [0.15, 0.2) is 28.6 Å². The highest BCUT2D eigenvalue weighted by molar-refractivity contribution is 8.13. The first kappa shape index (κ1) is 49.8. The third kappa shape index (κ3) is 15.8. The van der Waals surface area contributed by atoms with E-state index in [9.17, 15) is 72.1 Å². The highest BCUT2D eigenvalue weighted by atomic mass is 32.2. The summed E-state index contributed by atoms with van der Waals surface area (Å²) in [6, 6.07) is 0. The van der Waals surface area contributed by atoms with Crippen molar-refractivity contribution < 1.29 is 94.7 Å². The first-order chi connectivity index (χ1) is 26.6. The summed E-state index contributed by atoms with van der Waals surface area (Å²) < 4.78 is 73.2. The molecule has 0 radical (unpaired) electrons. The summed E-state index contributed by atoms with van der Waals surface area (Å²) >= 11 is 0.732. The van der Waals surface area contributed by atoms with Crippen LogP contribution in [0.5, 0.6) is 0 Å². The summed E-state index contributed by atoms with van der Waals surface area (Å²) in [5.41, 5.74) is 4.17. The maximum absolute atomic E-state index is 12.7. The van der Waals surface area contributed by atoms with Crippen molar-refractivity contribution in [1.82, 2.24) is 30.2 Å². The number of fused-ring (bicyclic) bond motifs is 1. The van der Waals surface area contributed by atoms with Gasteiger partial charge in [-0.1, -0.05) is 25.6 Å². The molecule has 1 fully saturated rings. The number of imidazole rings is 1. The number of nitrogens with zero attached hydrogens (tertiary/aromatic N) is 4. The lowest BCUT2D eigenvalue weighted by Gasteiger charge is -2.30. The van der Waals surface area contributed by atoms with Crippen LogP contribution in [0.15, 0.2) is 12.7 Å². The van der Waals surface area contributed by atoms with E-state index in [2.05, 4.69) is 34.4 Å². The lowest BCUT2D eigenvalue weighted by Crippen LogP contribution is -2.46. The van der Waals surface area contributed by atoms with Crippen molar-refractivity contribution in [1.29, 1.82) is 0 Å². The van der Waals surface area contributed by atoms with Crippen LogP contribution in [0.3, 0.4) is 0 Å². The second-order valence-corrected chi connectivity index (χ2v) is 21.0. The van der Waals surface area contributed by atoms with Gasteiger partial charge in [0.1, 0.15) is 36.3 Å². The molecule has 0 aromatic carbocycles. The maximum Gasteiger partial charge on any atom is 0.481 e. The number of aliphatic hydroxyl groups is 2. The molecule has 2 aromatic heterocycles. The van der Waals surface area contributed by atoms with Gasteiger partial charge in [-0.25, -0.2) is 28.6 Å². The number of carbonyl (C=O) groups is 4. The molecule has 3 rings (SSSR count). The van der Waals surface area contributed by atoms with Gasteiger partial charge in [-0.2, -0.15) is 4.31 Å². The number of aromatic nitrogens is 4. The first-order valence-corrected chi connectivity index (χ1v) is 24.3. The van der Waals surface area contributed by atoms with E-state index >= 15 is 0 Å². The monoisotopic (exact) mass is 929 g/mol. The van der Waals surface area contributed by atoms with Crippen LogP contribution in [0.25, 0.3) is 11.2 Å². The topological polar surface area (TPSA) is 418 Å². The van der Waals surface area contributed by atoms with E-state index in [1.807, 2.05) is 0 Å². The van der Waals surface area contributed by atoms with Gasteiger partial charge in [0, 0.05) is 37.3 Å². The van der Waals surface area contributed by atoms with E-state index in [1.54, 1.807) is 0 Å². The Morgan fingerprint density at radius 1 is 1.02 bits per heavy atom. The maximum atomic E-state index is 12.7. The molecule has 58 heavy (non-hydrogen) atoms. The highest BCUT2D eigenvalue weighted by Crippen LogP contribution is 2.61. The van der Waals surface area contributed by atoms with Gasteiger partial charge in [0.25, 0.3) is 0 Å². The zero-order chi connectivity index (χ0) is 43.9. The second kappa shape index (κ2) is 20.3. The standard InChI is InChI=1S/C26H43N7O20P4S/c1-26(2,21(38)24(39)29-5-4-16(35)28-6-7-58-17(36)8-14(34)10-54(3,40)41)11-50-57(47,48)53-56(45,46)49-9-15-20(52-55(42,43)44)19(37)25(51-15)33-13-32-18-22(27)30-12-31-23(18)33/h12-13,15,19-21,25,37-38H,4-11H2,1-3H3,(H,28,35)(H,29,39)(H,40,41)(H,45,46)(H,47,48)(H2,27,30,31)(H2,42,43,44). The predicted octanol–water partition coefficient (Wildman–Crippen LogP) is -1.48. The quantitative estimate of drug-likeness (QED) is 0.0345. The number of hydrogen-bond donors (Lipinski definition) is 10. The van der Waals surface area contributed by atoms with Crippen LogP contribution in [0.1, 0.15) is 32.9 Å². The number of rotatable bonds is 23. The molecule has 8 atom stereocenters. The number of phosphoric acid groups is 3. The molecule has 328 valence electrons. The molecule has 2 aromatic rings. The van der Waals surface area contributed by atoms with Gasteiger partial charge >= 0.3 is 23.5 Å². The number of anilines is 1. The van der Waals surface area contributed by atoms with Crippen LogP contribution in [-0.2, 0) is 60.1 Å². The van der Waals surface area contributed by atoms with E-state index in [1.165, 1.54) is 13.8 Å². The van der Waals surface area contributed by atoms with Gasteiger partial charge in [0.2, 0.25) is 19.2 Å². The molecule has 0 saturated carbocycles. The number of nitrogens with one attached hydrogen (secondary N) is 2. The lowest BCUT2D eigenvalue weighted by atomic mass is 9.87. The summed E-state index contributed by atoms with van der Waals surface area (Å²) in [6.07, 6.45) is -8.36. The van der Waals surface area contributed by atoms with Crippen molar-refractivity contribution in [3.8, 4) is 0 Å². The molecule has 3 heterocycles. The number of phosphoric ester groups is 3. The Morgan fingerprint density at radius 3 is 2.31 bits per heavy atom. The van der Waals surface area contributed by atoms with Crippen LogP contribution in [0.4, 0.5) is 5.82 Å². The van der Waals surface area contributed by atoms with Crippen LogP contribution >= 0.6 is 42.6 Å². The predicted molar refractivity (Wildman–Crippen MR) is 197 cm³/mol. The Kier molecular flexibility index (Phi) is 17.4. The average molecular weight is 930 g/mol. The molecule has 0 spiro atoms. The number of ether oxygens (including phenoxy) is 1. The van der Waals surface area contributed by atoms with Gasteiger partial charge in [-0.3, -0.25) is 41.9 Å². The van der Waals surface area contributed by atoms with Crippen molar-refractivity contribution in [3.63, 3.8) is 0 Å². The molecule has 8 unspecified atom stereocenters. The fraction of sp³-hybridized carbons (Fsp3) is 0.654. The zero-order valence-corrected chi connectivity index (χ0v) is 35.1. The number of aliphatic hydroxyl groups excluding tert-OH is 2. The number of Topliss-reactive ketones (excluding diaryl/α,β-unsaturated/α-hetero) is 1. The second-order valence-electron chi connectivity index (χ2n) is 13.2. The number of amides is 2.